The van der Waals surface area contributed by atoms with Gasteiger partial charge >= 0.3 is 0 Å². The van der Waals surface area contributed by atoms with Crippen molar-refractivity contribution < 1.29 is 9.53 Å². The van der Waals surface area contributed by atoms with Gasteiger partial charge in [-0.15, -0.1) is 0 Å². The lowest BCUT2D eigenvalue weighted by molar-refractivity contribution is 0.0588. The maximum Gasteiger partial charge on any atom is 0.256 e. The van der Waals surface area contributed by atoms with Gasteiger partial charge in [-0.2, -0.15) is 0 Å². The van der Waals surface area contributed by atoms with Crippen LogP contribution in [0.15, 0.2) is 18.2 Å². The third-order valence-electron chi connectivity index (χ3n) is 5.29. The number of nitrogens with zero attached hydrogens (tertiary/aromatic N) is 1. The standard InChI is InChI=1S/C17H24N2O2/c1-21-14-6-4-5-13(15(14)18)16(20)19-11-9-17(10-12-19)7-2-3-8-17/h4-6H,2-3,7-12,18H2,1H3. The summed E-state index contributed by atoms with van der Waals surface area (Å²) >= 11 is 0. The van der Waals surface area contributed by atoms with Crippen molar-refractivity contribution in [1.29, 1.82) is 0 Å². The van der Waals surface area contributed by atoms with Crippen LogP contribution in [-0.2, 0) is 0 Å². The zero-order valence-electron chi connectivity index (χ0n) is 12.7. The highest BCUT2D eigenvalue weighted by Crippen LogP contribution is 2.46. The molecule has 0 atom stereocenters. The van der Waals surface area contributed by atoms with Gasteiger partial charge in [0.1, 0.15) is 5.75 Å². The number of ether oxygens (including phenoxy) is 1. The Kier molecular flexibility index (Phi) is 3.79. The molecule has 4 heteroatoms. The number of nitrogens with two attached hydrogens (primary N) is 1. The number of methoxy groups -OCH3 is 1. The van der Waals surface area contributed by atoms with Crippen LogP contribution >= 0.6 is 0 Å². The second-order valence-electron chi connectivity index (χ2n) is 6.42. The molecule has 114 valence electrons. The van der Waals surface area contributed by atoms with E-state index in [0.29, 0.717) is 22.4 Å². The van der Waals surface area contributed by atoms with E-state index in [-0.39, 0.29) is 5.91 Å². The van der Waals surface area contributed by atoms with Crippen molar-refractivity contribution >= 4 is 11.6 Å². The monoisotopic (exact) mass is 288 g/mol. The van der Waals surface area contributed by atoms with Crippen LogP contribution in [0.25, 0.3) is 0 Å². The van der Waals surface area contributed by atoms with Gasteiger partial charge < -0.3 is 15.4 Å². The number of carbonyl (C=O) groups is 1. The highest BCUT2D eigenvalue weighted by Gasteiger charge is 2.38. The molecule has 3 rings (SSSR count). The highest BCUT2D eigenvalue weighted by molar-refractivity contribution is 6.00. The zero-order chi connectivity index (χ0) is 14.9. The van der Waals surface area contributed by atoms with Crippen molar-refractivity contribution in [3.63, 3.8) is 0 Å². The average Bonchev–Trinajstić information content (AvgIpc) is 2.96. The number of likely N-dealkylation sites (tertiary alicyclic amines) is 1. The Morgan fingerprint density at radius 2 is 1.86 bits per heavy atom. The van der Waals surface area contributed by atoms with Crippen molar-refractivity contribution in [3.8, 4) is 5.75 Å². The predicted molar refractivity (Wildman–Crippen MR) is 83.4 cm³/mol. The molecule has 1 aromatic carbocycles. The van der Waals surface area contributed by atoms with Gasteiger partial charge in [-0.25, -0.2) is 0 Å². The van der Waals surface area contributed by atoms with Crippen LogP contribution < -0.4 is 10.5 Å². The van der Waals surface area contributed by atoms with Gasteiger partial charge in [-0.05, 0) is 43.2 Å². The van der Waals surface area contributed by atoms with E-state index in [2.05, 4.69) is 0 Å². The quantitative estimate of drug-likeness (QED) is 0.851. The minimum absolute atomic E-state index is 0.0410. The number of nitrogen functional groups attached to an aromatic ring is 1. The molecule has 2 N–H and O–H groups in total. The number of amides is 1. The summed E-state index contributed by atoms with van der Waals surface area (Å²) in [6.45, 7) is 1.71. The number of hydrogen-bond acceptors (Lipinski definition) is 3. The van der Waals surface area contributed by atoms with Gasteiger partial charge in [0.15, 0.2) is 0 Å². The molecule has 1 saturated carbocycles. The molecule has 1 aliphatic heterocycles. The molecule has 0 radical (unpaired) electrons. The molecule has 4 nitrogen and oxygen atoms in total. The summed E-state index contributed by atoms with van der Waals surface area (Å²) in [4.78, 5) is 14.6. The normalized spacial score (nSPS) is 20.7. The summed E-state index contributed by atoms with van der Waals surface area (Å²) in [5, 5.41) is 0. The topological polar surface area (TPSA) is 55.6 Å². The first-order valence-corrected chi connectivity index (χ1v) is 7.87. The van der Waals surface area contributed by atoms with Gasteiger partial charge in [0.05, 0.1) is 18.4 Å². The van der Waals surface area contributed by atoms with Crippen LogP contribution in [0, 0.1) is 5.41 Å². The van der Waals surface area contributed by atoms with Crippen LogP contribution in [0.1, 0.15) is 48.9 Å². The average molecular weight is 288 g/mol. The molecule has 0 aromatic heterocycles. The maximum atomic E-state index is 12.7. The molecule has 1 heterocycles. The van der Waals surface area contributed by atoms with Gasteiger partial charge in [-0.3, -0.25) is 4.79 Å². The fourth-order valence-corrected chi connectivity index (χ4v) is 3.89. The summed E-state index contributed by atoms with van der Waals surface area (Å²) in [6, 6.07) is 5.40. The zero-order valence-corrected chi connectivity index (χ0v) is 12.7. The lowest BCUT2D eigenvalue weighted by Crippen LogP contribution is -2.42. The molecule has 1 saturated heterocycles. The first-order valence-electron chi connectivity index (χ1n) is 7.87. The van der Waals surface area contributed by atoms with E-state index in [1.807, 2.05) is 11.0 Å². The van der Waals surface area contributed by atoms with Crippen LogP contribution in [0.4, 0.5) is 5.69 Å². The lowest BCUT2D eigenvalue weighted by atomic mass is 9.77. The van der Waals surface area contributed by atoms with Crippen LogP contribution in [0.5, 0.6) is 5.75 Å². The van der Waals surface area contributed by atoms with Crippen molar-refractivity contribution in [3.05, 3.63) is 23.8 Å². The molecular weight excluding hydrogens is 264 g/mol. The summed E-state index contributed by atoms with van der Waals surface area (Å²) in [7, 11) is 1.57. The molecule has 21 heavy (non-hydrogen) atoms. The predicted octanol–water partition coefficient (Wildman–Crippen LogP) is 3.07. The van der Waals surface area contributed by atoms with Gasteiger partial charge in [0.2, 0.25) is 0 Å². The van der Waals surface area contributed by atoms with E-state index in [4.69, 9.17) is 10.5 Å². The Balaban J connectivity index is 1.72. The van der Waals surface area contributed by atoms with E-state index in [1.54, 1.807) is 19.2 Å². The SMILES string of the molecule is COc1cccc(C(=O)N2CCC3(CCCC3)CC2)c1N. The Hall–Kier alpha value is -1.71. The first-order chi connectivity index (χ1) is 10.2. The van der Waals surface area contributed by atoms with Crippen molar-refractivity contribution in [2.45, 2.75) is 38.5 Å². The van der Waals surface area contributed by atoms with Crippen molar-refractivity contribution in [2.24, 2.45) is 5.41 Å². The molecule has 2 fully saturated rings. The Morgan fingerprint density at radius 1 is 1.19 bits per heavy atom. The Labute approximate surface area is 126 Å². The van der Waals surface area contributed by atoms with Crippen molar-refractivity contribution in [2.75, 3.05) is 25.9 Å². The van der Waals surface area contributed by atoms with Gasteiger partial charge in [0.25, 0.3) is 5.91 Å². The highest BCUT2D eigenvalue weighted by atomic mass is 16.5. The molecule has 1 spiro atoms. The fourth-order valence-electron chi connectivity index (χ4n) is 3.89. The molecule has 2 aliphatic rings. The molecule has 1 aromatic rings. The van der Waals surface area contributed by atoms with E-state index >= 15 is 0 Å². The summed E-state index contributed by atoms with van der Waals surface area (Å²) in [5.74, 6) is 0.615. The molecule has 1 aliphatic carbocycles. The number of piperidine rings is 1. The maximum absolute atomic E-state index is 12.7. The summed E-state index contributed by atoms with van der Waals surface area (Å²) in [5.41, 5.74) is 7.59. The minimum Gasteiger partial charge on any atom is -0.495 e. The number of rotatable bonds is 2. The first kappa shape index (κ1) is 14.2. The van der Waals surface area contributed by atoms with Crippen molar-refractivity contribution in [1.82, 2.24) is 4.90 Å². The van der Waals surface area contributed by atoms with Crippen LogP contribution in [0.3, 0.4) is 0 Å². The second kappa shape index (κ2) is 5.58. The molecule has 0 bridgehead atoms. The van der Waals surface area contributed by atoms with Gasteiger partial charge in [-0.1, -0.05) is 18.9 Å². The number of para-hydroxylation sites is 1. The van der Waals surface area contributed by atoms with E-state index < -0.39 is 0 Å². The largest absolute Gasteiger partial charge is 0.495 e. The van der Waals surface area contributed by atoms with Crippen LogP contribution in [0.2, 0.25) is 0 Å². The number of anilines is 1. The second-order valence-corrected chi connectivity index (χ2v) is 6.42. The number of benzene rings is 1. The molecular formula is C17H24N2O2. The lowest BCUT2D eigenvalue weighted by Gasteiger charge is -2.39. The summed E-state index contributed by atoms with van der Waals surface area (Å²) in [6.07, 6.45) is 7.69. The molecule has 1 amide bonds. The van der Waals surface area contributed by atoms with E-state index in [1.165, 1.54) is 25.7 Å². The smallest absolute Gasteiger partial charge is 0.256 e. The number of hydrogen-bond donors (Lipinski definition) is 1. The Morgan fingerprint density at radius 3 is 2.48 bits per heavy atom. The Bertz CT molecular complexity index is 526. The third-order valence-corrected chi connectivity index (χ3v) is 5.29. The minimum atomic E-state index is 0.0410. The van der Waals surface area contributed by atoms with E-state index in [0.717, 1.165) is 25.9 Å². The van der Waals surface area contributed by atoms with E-state index in [9.17, 15) is 4.79 Å². The molecule has 0 unspecified atom stereocenters. The van der Waals surface area contributed by atoms with Crippen LogP contribution in [-0.4, -0.2) is 31.0 Å². The van der Waals surface area contributed by atoms with Gasteiger partial charge in [0, 0.05) is 13.1 Å². The summed E-state index contributed by atoms with van der Waals surface area (Å²) < 4.78 is 5.20. The fraction of sp³-hybridized carbons (Fsp3) is 0.588. The number of carbonyl (C=O) groups excluding carboxylic acids is 1. The third kappa shape index (κ3) is 2.59.